The second kappa shape index (κ2) is 6.31. The molecule has 144 valence electrons. The molecule has 2 bridgehead atoms. The molecule has 1 aromatic carbocycles. The second-order valence-corrected chi connectivity index (χ2v) is 8.98. The van der Waals surface area contributed by atoms with E-state index in [-0.39, 0.29) is 0 Å². The summed E-state index contributed by atoms with van der Waals surface area (Å²) in [5.74, 6) is -2.76. The van der Waals surface area contributed by atoms with Gasteiger partial charge >= 0.3 is 0 Å². The van der Waals surface area contributed by atoms with Crippen LogP contribution in [-0.2, 0) is 15.3 Å². The first-order valence-electron chi connectivity index (χ1n) is 8.83. The Hall–Kier alpha value is -2.89. The molecule has 0 spiro atoms. The topological polar surface area (TPSA) is 114 Å². The average molecular weight is 423 g/mol. The number of thiophene rings is 1. The van der Waals surface area contributed by atoms with Gasteiger partial charge in [0.2, 0.25) is 17.1 Å². The van der Waals surface area contributed by atoms with E-state index in [0.29, 0.717) is 15.5 Å². The van der Waals surface area contributed by atoms with Crippen molar-refractivity contribution < 1.29 is 9.47 Å². The van der Waals surface area contributed by atoms with Gasteiger partial charge in [-0.1, -0.05) is 30.7 Å². The van der Waals surface area contributed by atoms with Crippen molar-refractivity contribution in [3.05, 3.63) is 56.7 Å². The fourth-order valence-electron chi connectivity index (χ4n) is 4.42. The third-order valence-corrected chi connectivity index (χ3v) is 7.19. The predicted octanol–water partition coefficient (Wildman–Crippen LogP) is 4.82. The lowest BCUT2D eigenvalue weighted by atomic mass is 9.54. The van der Waals surface area contributed by atoms with E-state index in [4.69, 9.17) is 26.5 Å². The second-order valence-electron chi connectivity index (χ2n) is 7.23. The SMILES string of the molecule is Cc1ccc(C2OC3(c4cccc(Cl)c4)OC(=N)C(C#N)(C3C)C2(C#N)C#N)s1. The van der Waals surface area contributed by atoms with Gasteiger partial charge in [0.25, 0.3) is 0 Å². The molecule has 2 fully saturated rings. The van der Waals surface area contributed by atoms with Gasteiger partial charge in [-0.3, -0.25) is 5.41 Å². The highest BCUT2D eigenvalue weighted by atomic mass is 35.5. The van der Waals surface area contributed by atoms with Crippen LogP contribution in [0.25, 0.3) is 0 Å². The van der Waals surface area contributed by atoms with E-state index >= 15 is 0 Å². The molecule has 0 radical (unpaired) electrons. The summed E-state index contributed by atoms with van der Waals surface area (Å²) < 4.78 is 12.3. The molecule has 4 unspecified atom stereocenters. The van der Waals surface area contributed by atoms with Gasteiger partial charge in [0.1, 0.15) is 6.10 Å². The van der Waals surface area contributed by atoms with Gasteiger partial charge in [-0.05, 0) is 31.2 Å². The van der Waals surface area contributed by atoms with Gasteiger partial charge in [-0.25, -0.2) is 0 Å². The molecule has 0 saturated carbocycles. The molecule has 2 saturated heterocycles. The summed E-state index contributed by atoms with van der Waals surface area (Å²) in [6.45, 7) is 3.57. The van der Waals surface area contributed by atoms with Crippen LogP contribution in [0.4, 0.5) is 0 Å². The van der Waals surface area contributed by atoms with Crippen molar-refractivity contribution in [1.82, 2.24) is 0 Å². The Morgan fingerprint density at radius 2 is 1.86 bits per heavy atom. The largest absolute Gasteiger partial charge is 0.443 e. The van der Waals surface area contributed by atoms with E-state index in [9.17, 15) is 15.8 Å². The van der Waals surface area contributed by atoms with Gasteiger partial charge in [0.15, 0.2) is 5.41 Å². The molecule has 2 aliphatic rings. The zero-order valence-corrected chi connectivity index (χ0v) is 17.1. The molecular weight excluding hydrogens is 408 g/mol. The summed E-state index contributed by atoms with van der Waals surface area (Å²) in [4.78, 5) is 1.60. The molecule has 3 heterocycles. The predicted molar refractivity (Wildman–Crippen MR) is 106 cm³/mol. The summed E-state index contributed by atoms with van der Waals surface area (Å²) in [5.41, 5.74) is -3.23. The minimum absolute atomic E-state index is 0.439. The third-order valence-electron chi connectivity index (χ3n) is 5.92. The van der Waals surface area contributed by atoms with Gasteiger partial charge in [0, 0.05) is 20.3 Å². The molecule has 1 aromatic heterocycles. The number of hydrogen-bond acceptors (Lipinski definition) is 7. The Labute approximate surface area is 177 Å². The lowest BCUT2D eigenvalue weighted by Gasteiger charge is -2.48. The molecule has 4 atom stereocenters. The molecule has 29 heavy (non-hydrogen) atoms. The van der Waals surface area contributed by atoms with Crippen LogP contribution < -0.4 is 0 Å². The first-order chi connectivity index (χ1) is 13.8. The average Bonchev–Trinajstić information content (AvgIpc) is 3.20. The first-order valence-corrected chi connectivity index (χ1v) is 10.0. The van der Waals surface area contributed by atoms with Crippen molar-refractivity contribution in [3.8, 4) is 18.2 Å². The number of hydrogen-bond donors (Lipinski definition) is 1. The van der Waals surface area contributed by atoms with E-state index in [2.05, 4.69) is 6.07 Å². The minimum Gasteiger partial charge on any atom is -0.443 e. The Balaban J connectivity index is 2.05. The van der Waals surface area contributed by atoms with Crippen LogP contribution in [-0.4, -0.2) is 5.90 Å². The Morgan fingerprint density at radius 1 is 1.14 bits per heavy atom. The summed E-state index contributed by atoms with van der Waals surface area (Å²) in [6.07, 6.45) is -1.08. The normalized spacial score (nSPS) is 31.9. The summed E-state index contributed by atoms with van der Waals surface area (Å²) in [6, 6.07) is 16.6. The lowest BCUT2D eigenvalue weighted by molar-refractivity contribution is -0.287. The monoisotopic (exact) mass is 422 g/mol. The van der Waals surface area contributed by atoms with Crippen LogP contribution in [0.15, 0.2) is 36.4 Å². The molecule has 0 amide bonds. The standard InChI is InChI=1S/C21H15ClN4O2S/c1-12-6-7-16(29-12)17-19(9-23,10-24)20(11-25)13(2)21(27-17,28-18(20)26)14-4-3-5-15(22)8-14/h3-8,13,17,26H,1-2H3. The smallest absolute Gasteiger partial charge is 0.244 e. The Bertz CT molecular complexity index is 1140. The highest BCUT2D eigenvalue weighted by molar-refractivity contribution is 7.12. The van der Waals surface area contributed by atoms with Crippen LogP contribution in [0.2, 0.25) is 5.02 Å². The maximum absolute atomic E-state index is 10.2. The van der Waals surface area contributed by atoms with Crippen LogP contribution >= 0.6 is 22.9 Å². The number of rotatable bonds is 2. The van der Waals surface area contributed by atoms with Crippen LogP contribution in [0.1, 0.15) is 28.3 Å². The number of nitrogens with zero attached hydrogens (tertiary/aromatic N) is 3. The van der Waals surface area contributed by atoms with Crippen molar-refractivity contribution in [1.29, 1.82) is 21.2 Å². The number of nitriles is 3. The first kappa shape index (κ1) is 19.4. The Morgan fingerprint density at radius 3 is 2.41 bits per heavy atom. The fourth-order valence-corrected chi connectivity index (χ4v) is 5.59. The molecule has 1 N–H and O–H groups in total. The van der Waals surface area contributed by atoms with Crippen LogP contribution in [0, 0.1) is 63.1 Å². The van der Waals surface area contributed by atoms with Gasteiger partial charge in [-0.15, -0.1) is 11.3 Å². The maximum atomic E-state index is 10.2. The molecular formula is C21H15ClN4O2S. The van der Waals surface area contributed by atoms with E-state index in [1.54, 1.807) is 37.3 Å². The molecule has 2 aromatic rings. The van der Waals surface area contributed by atoms with E-state index < -0.39 is 34.5 Å². The molecule has 8 heteroatoms. The van der Waals surface area contributed by atoms with Crippen LogP contribution in [0.3, 0.4) is 0 Å². The van der Waals surface area contributed by atoms with E-state index in [1.165, 1.54) is 11.3 Å². The van der Waals surface area contributed by atoms with Crippen molar-refractivity contribution in [2.75, 3.05) is 0 Å². The summed E-state index contributed by atoms with van der Waals surface area (Å²) >= 11 is 7.56. The molecule has 0 aliphatic carbocycles. The highest BCUT2D eigenvalue weighted by Gasteiger charge is 2.79. The minimum atomic E-state index is -1.95. The van der Waals surface area contributed by atoms with E-state index in [0.717, 1.165) is 4.88 Å². The molecule has 2 aliphatic heterocycles. The fraction of sp³-hybridized carbons (Fsp3) is 0.333. The Kier molecular flexibility index (Phi) is 4.22. The number of aryl methyl sites for hydroxylation is 1. The van der Waals surface area contributed by atoms with Crippen molar-refractivity contribution in [2.24, 2.45) is 16.7 Å². The van der Waals surface area contributed by atoms with Crippen LogP contribution in [0.5, 0.6) is 0 Å². The highest BCUT2D eigenvalue weighted by Crippen LogP contribution is 2.69. The van der Waals surface area contributed by atoms with E-state index in [1.807, 2.05) is 25.1 Å². The number of benzene rings is 1. The van der Waals surface area contributed by atoms with Gasteiger partial charge in [0.05, 0.1) is 24.1 Å². The van der Waals surface area contributed by atoms with Gasteiger partial charge in [-0.2, -0.15) is 15.8 Å². The number of halogens is 1. The number of fused-ring (bicyclic) bond motifs is 2. The molecule has 6 nitrogen and oxygen atoms in total. The van der Waals surface area contributed by atoms with Crippen molar-refractivity contribution >= 4 is 28.8 Å². The van der Waals surface area contributed by atoms with Crippen molar-refractivity contribution in [3.63, 3.8) is 0 Å². The van der Waals surface area contributed by atoms with Crippen molar-refractivity contribution in [2.45, 2.75) is 25.7 Å². The molecule has 4 rings (SSSR count). The third kappa shape index (κ3) is 2.20. The summed E-state index contributed by atoms with van der Waals surface area (Å²) in [7, 11) is 0. The van der Waals surface area contributed by atoms with Gasteiger partial charge < -0.3 is 9.47 Å². The number of nitrogens with one attached hydrogen (secondary N) is 1. The number of ether oxygens (including phenoxy) is 2. The zero-order valence-electron chi connectivity index (χ0n) is 15.6. The lowest BCUT2D eigenvalue weighted by Crippen LogP contribution is -2.57. The quantitative estimate of drug-likeness (QED) is 0.744. The maximum Gasteiger partial charge on any atom is 0.244 e. The zero-order chi connectivity index (χ0) is 21.0. The summed E-state index contributed by atoms with van der Waals surface area (Å²) in [5, 5.41) is 39.5.